The average molecular weight is 357 g/mol. The Kier molecular flexibility index (Phi) is 4.81. The van der Waals surface area contributed by atoms with E-state index in [4.69, 9.17) is 4.74 Å². The molecule has 0 aromatic rings. The monoisotopic (exact) mass is 356 g/mol. The van der Waals surface area contributed by atoms with Gasteiger partial charge in [0.2, 0.25) is 0 Å². The third kappa shape index (κ3) is 2.63. The molecule has 0 N–H and O–H groups in total. The van der Waals surface area contributed by atoms with Crippen LogP contribution in [0.5, 0.6) is 0 Å². The molecule has 0 aliphatic heterocycles. The van der Waals surface area contributed by atoms with E-state index < -0.39 is 0 Å². The minimum absolute atomic E-state index is 0.402. The van der Waals surface area contributed by atoms with E-state index in [2.05, 4.69) is 39.8 Å². The number of methoxy groups -OCH3 is 1. The third-order valence-electron chi connectivity index (χ3n) is 9.50. The van der Waals surface area contributed by atoms with Gasteiger partial charge in [0.1, 0.15) is 0 Å². The van der Waals surface area contributed by atoms with Crippen molar-refractivity contribution in [3.8, 4) is 0 Å². The van der Waals surface area contributed by atoms with E-state index in [0.29, 0.717) is 10.8 Å². The Labute approximate surface area is 161 Å². The Morgan fingerprint density at radius 3 is 2.69 bits per heavy atom. The minimum Gasteiger partial charge on any atom is -0.501 e. The summed E-state index contributed by atoms with van der Waals surface area (Å²) in [6.45, 7) is 10.2. The Bertz CT molecular complexity index is 601. The summed E-state index contributed by atoms with van der Waals surface area (Å²) in [5.41, 5.74) is 2.61. The molecule has 0 radical (unpaired) electrons. The molecule has 2 fully saturated rings. The van der Waals surface area contributed by atoms with Crippen molar-refractivity contribution in [3.63, 3.8) is 0 Å². The zero-order valence-electron chi connectivity index (χ0n) is 17.8. The first-order valence-corrected chi connectivity index (χ1v) is 11.4. The van der Waals surface area contributed by atoms with Crippen LogP contribution in [-0.4, -0.2) is 7.11 Å². The van der Waals surface area contributed by atoms with Crippen LogP contribution in [0, 0.1) is 40.4 Å². The van der Waals surface area contributed by atoms with Crippen molar-refractivity contribution in [1.82, 2.24) is 0 Å². The molecule has 4 rings (SSSR count). The quantitative estimate of drug-likeness (QED) is 0.520. The van der Waals surface area contributed by atoms with Crippen LogP contribution in [0.1, 0.15) is 85.5 Å². The van der Waals surface area contributed by atoms with Crippen LogP contribution >= 0.6 is 0 Å². The van der Waals surface area contributed by atoms with Gasteiger partial charge in [0, 0.05) is 6.42 Å². The predicted molar refractivity (Wildman–Crippen MR) is 110 cm³/mol. The number of hydrogen-bond donors (Lipinski definition) is 0. The number of allylic oxidation sites excluding steroid dienone is 4. The lowest BCUT2D eigenvalue weighted by atomic mass is 9.47. The molecule has 7 atom stereocenters. The van der Waals surface area contributed by atoms with Crippen LogP contribution < -0.4 is 0 Å². The number of hydrogen-bond acceptors (Lipinski definition) is 1. The molecule has 146 valence electrons. The van der Waals surface area contributed by atoms with Gasteiger partial charge in [-0.05, 0) is 90.6 Å². The van der Waals surface area contributed by atoms with E-state index in [-0.39, 0.29) is 0 Å². The Morgan fingerprint density at radius 1 is 1.15 bits per heavy atom. The third-order valence-corrected chi connectivity index (χ3v) is 9.50. The fraction of sp³-hybridized carbons (Fsp3) is 0.840. The molecule has 2 saturated carbocycles. The molecular weight excluding hydrogens is 316 g/mol. The summed E-state index contributed by atoms with van der Waals surface area (Å²) >= 11 is 0. The molecule has 0 spiro atoms. The Morgan fingerprint density at radius 2 is 1.96 bits per heavy atom. The van der Waals surface area contributed by atoms with Gasteiger partial charge in [-0.1, -0.05) is 46.6 Å². The molecule has 26 heavy (non-hydrogen) atoms. The lowest BCUT2D eigenvalue weighted by Crippen LogP contribution is -2.49. The van der Waals surface area contributed by atoms with Crippen LogP contribution in [0.2, 0.25) is 0 Å². The zero-order chi connectivity index (χ0) is 18.5. The molecular formula is C25H40O. The molecule has 1 nitrogen and oxygen atoms in total. The first kappa shape index (κ1) is 18.6. The maximum Gasteiger partial charge on any atom is 0.0958 e. The number of rotatable bonds is 4. The van der Waals surface area contributed by atoms with E-state index >= 15 is 0 Å². The van der Waals surface area contributed by atoms with Gasteiger partial charge in [-0.25, -0.2) is 0 Å². The fourth-order valence-electron chi connectivity index (χ4n) is 8.09. The van der Waals surface area contributed by atoms with Gasteiger partial charge >= 0.3 is 0 Å². The Hall–Kier alpha value is -0.720. The van der Waals surface area contributed by atoms with Crippen LogP contribution in [0.25, 0.3) is 0 Å². The molecule has 7 unspecified atom stereocenters. The second-order valence-electron chi connectivity index (χ2n) is 10.5. The van der Waals surface area contributed by atoms with Gasteiger partial charge in [-0.2, -0.15) is 0 Å². The van der Waals surface area contributed by atoms with Gasteiger partial charge in [-0.3, -0.25) is 0 Å². The van der Waals surface area contributed by atoms with Gasteiger partial charge < -0.3 is 4.74 Å². The van der Waals surface area contributed by atoms with E-state index in [9.17, 15) is 0 Å². The summed E-state index contributed by atoms with van der Waals surface area (Å²) in [7, 11) is 1.84. The first-order valence-electron chi connectivity index (χ1n) is 11.4. The van der Waals surface area contributed by atoms with Crippen molar-refractivity contribution in [1.29, 1.82) is 0 Å². The largest absolute Gasteiger partial charge is 0.501 e. The van der Waals surface area contributed by atoms with Crippen LogP contribution in [0.4, 0.5) is 0 Å². The lowest BCUT2D eigenvalue weighted by molar-refractivity contribution is -0.0463. The first-order chi connectivity index (χ1) is 12.4. The van der Waals surface area contributed by atoms with Gasteiger partial charge in [-0.15, -0.1) is 0 Å². The second-order valence-corrected chi connectivity index (χ2v) is 10.5. The summed E-state index contributed by atoms with van der Waals surface area (Å²) in [4.78, 5) is 0. The van der Waals surface area contributed by atoms with Crippen molar-refractivity contribution >= 4 is 0 Å². The smallest absolute Gasteiger partial charge is 0.0958 e. The van der Waals surface area contributed by atoms with Crippen LogP contribution in [0.15, 0.2) is 23.5 Å². The Balaban J connectivity index is 1.61. The minimum atomic E-state index is 0.402. The van der Waals surface area contributed by atoms with Crippen LogP contribution in [0.3, 0.4) is 0 Å². The molecule has 4 aliphatic carbocycles. The van der Waals surface area contributed by atoms with Crippen molar-refractivity contribution < 1.29 is 4.74 Å². The molecule has 1 heteroatoms. The maximum absolute atomic E-state index is 5.59. The summed E-state index contributed by atoms with van der Waals surface area (Å²) in [6, 6.07) is 0. The molecule has 0 saturated heterocycles. The van der Waals surface area contributed by atoms with Crippen molar-refractivity contribution in [2.75, 3.05) is 7.11 Å². The second kappa shape index (κ2) is 6.71. The summed E-state index contributed by atoms with van der Waals surface area (Å²) in [5, 5.41) is 0. The summed E-state index contributed by atoms with van der Waals surface area (Å²) in [5.74, 6) is 5.88. The fourth-order valence-corrected chi connectivity index (χ4v) is 8.09. The van der Waals surface area contributed by atoms with Crippen LogP contribution in [-0.2, 0) is 4.74 Å². The highest BCUT2D eigenvalue weighted by atomic mass is 16.5. The van der Waals surface area contributed by atoms with E-state index in [1.165, 1.54) is 57.1 Å². The standard InChI is InChI=1S/C25H40O/c1-6-7-17(2)21-10-11-22-20-9-8-18-16-19(26-5)12-14-24(18,3)23(20)13-15-25(21,22)4/h8,16-17,20-23H,6-7,9-15H2,1-5H3. The van der Waals surface area contributed by atoms with Gasteiger partial charge in [0.15, 0.2) is 0 Å². The molecule has 0 heterocycles. The molecule has 0 aromatic heterocycles. The molecule has 4 aliphatic rings. The average Bonchev–Trinajstić information content (AvgIpc) is 2.98. The molecule has 0 aromatic carbocycles. The highest BCUT2D eigenvalue weighted by Crippen LogP contribution is 2.67. The topological polar surface area (TPSA) is 9.23 Å². The highest BCUT2D eigenvalue weighted by Gasteiger charge is 2.58. The molecule has 0 bridgehead atoms. The SMILES string of the molecule is CCCC(C)C1CCC2C3CC=C4C=C(OC)CCC4(C)C3CCC12C. The number of ether oxygens (including phenoxy) is 1. The summed E-state index contributed by atoms with van der Waals surface area (Å²) < 4.78 is 5.59. The molecule has 0 amide bonds. The highest BCUT2D eigenvalue weighted by molar-refractivity contribution is 5.35. The van der Waals surface area contributed by atoms with E-state index in [1.807, 2.05) is 7.11 Å². The van der Waals surface area contributed by atoms with Crippen molar-refractivity contribution in [2.45, 2.75) is 85.5 Å². The lowest BCUT2D eigenvalue weighted by Gasteiger charge is -2.57. The normalized spacial score (nSPS) is 45.7. The van der Waals surface area contributed by atoms with Crippen molar-refractivity contribution in [2.24, 2.45) is 40.4 Å². The summed E-state index contributed by atoms with van der Waals surface area (Å²) in [6.07, 6.45) is 17.4. The number of fused-ring (bicyclic) bond motifs is 5. The van der Waals surface area contributed by atoms with E-state index in [0.717, 1.165) is 36.0 Å². The zero-order valence-corrected chi connectivity index (χ0v) is 17.8. The van der Waals surface area contributed by atoms with Gasteiger partial charge in [0.05, 0.1) is 12.9 Å². The maximum atomic E-state index is 5.59. The van der Waals surface area contributed by atoms with Crippen molar-refractivity contribution in [3.05, 3.63) is 23.5 Å². The predicted octanol–water partition coefficient (Wildman–Crippen LogP) is 7.14. The van der Waals surface area contributed by atoms with E-state index in [1.54, 1.807) is 5.57 Å². The van der Waals surface area contributed by atoms with Gasteiger partial charge in [0.25, 0.3) is 0 Å².